The first-order valence-corrected chi connectivity index (χ1v) is 8.12. The van der Waals surface area contributed by atoms with Gasteiger partial charge in [0.25, 0.3) is 0 Å². The van der Waals surface area contributed by atoms with Crippen LogP contribution in [-0.2, 0) is 6.54 Å². The van der Waals surface area contributed by atoms with Gasteiger partial charge in [0, 0.05) is 36.2 Å². The molecule has 0 atom stereocenters. The summed E-state index contributed by atoms with van der Waals surface area (Å²) in [5, 5.41) is 5.15. The summed E-state index contributed by atoms with van der Waals surface area (Å²) in [6, 6.07) is 9.58. The van der Waals surface area contributed by atoms with Crippen molar-refractivity contribution in [2.24, 2.45) is 0 Å². The molecule has 0 amide bonds. The normalized spacial score (nSPS) is 17.4. The lowest BCUT2D eigenvalue weighted by molar-refractivity contribution is 0.447. The van der Waals surface area contributed by atoms with Crippen molar-refractivity contribution in [2.75, 3.05) is 6.54 Å². The van der Waals surface area contributed by atoms with Gasteiger partial charge in [0.1, 0.15) is 0 Å². The Morgan fingerprint density at radius 1 is 1.10 bits per heavy atom. The fourth-order valence-corrected chi connectivity index (χ4v) is 3.44. The Kier molecular flexibility index (Phi) is 4.41. The van der Waals surface area contributed by atoms with E-state index in [1.54, 1.807) is 0 Å². The Bertz CT molecular complexity index is 548. The van der Waals surface area contributed by atoms with E-state index < -0.39 is 0 Å². The lowest BCUT2D eigenvalue weighted by atomic mass is 10.1. The molecule has 108 valence electrons. The molecule has 3 rings (SSSR count). The van der Waals surface area contributed by atoms with Gasteiger partial charge in [-0.15, -0.1) is 0 Å². The predicted molar refractivity (Wildman–Crippen MR) is 86.2 cm³/mol. The number of aryl methyl sites for hydroxylation is 1. The average molecular weight is 270 g/mol. The van der Waals surface area contributed by atoms with Crippen molar-refractivity contribution in [3.8, 4) is 0 Å². The van der Waals surface area contributed by atoms with Gasteiger partial charge in [0.15, 0.2) is 0 Å². The van der Waals surface area contributed by atoms with Crippen LogP contribution in [0.15, 0.2) is 30.5 Å². The first-order chi connectivity index (χ1) is 9.84. The number of fused-ring (bicyclic) bond motifs is 1. The zero-order chi connectivity index (χ0) is 13.8. The molecule has 2 aromatic rings. The van der Waals surface area contributed by atoms with Crippen molar-refractivity contribution in [1.29, 1.82) is 0 Å². The van der Waals surface area contributed by atoms with Gasteiger partial charge >= 0.3 is 0 Å². The van der Waals surface area contributed by atoms with Gasteiger partial charge in [-0.3, -0.25) is 0 Å². The number of rotatable bonds is 4. The summed E-state index contributed by atoms with van der Waals surface area (Å²) in [5.41, 5.74) is 2.74. The SMILES string of the molecule is Cc1cccc2c1ccn2CCNC1CCCCCC1. The van der Waals surface area contributed by atoms with Crippen LogP contribution in [0.4, 0.5) is 0 Å². The zero-order valence-corrected chi connectivity index (χ0v) is 12.6. The van der Waals surface area contributed by atoms with E-state index in [1.165, 1.54) is 55.0 Å². The maximum atomic E-state index is 3.76. The third-order valence-corrected chi connectivity index (χ3v) is 4.67. The molecular formula is C18H26N2. The zero-order valence-electron chi connectivity index (χ0n) is 12.6. The molecule has 0 bridgehead atoms. The van der Waals surface area contributed by atoms with E-state index in [4.69, 9.17) is 0 Å². The standard InChI is InChI=1S/C18H26N2/c1-15-7-6-10-18-17(15)11-13-20(18)14-12-19-16-8-4-2-3-5-9-16/h6-7,10-11,13,16,19H,2-5,8-9,12,14H2,1H3. The highest BCUT2D eigenvalue weighted by molar-refractivity contribution is 5.83. The molecule has 1 aromatic carbocycles. The molecule has 1 aliphatic rings. The van der Waals surface area contributed by atoms with Crippen LogP contribution in [0.1, 0.15) is 44.1 Å². The van der Waals surface area contributed by atoms with E-state index in [-0.39, 0.29) is 0 Å². The van der Waals surface area contributed by atoms with Crippen molar-refractivity contribution in [1.82, 2.24) is 9.88 Å². The van der Waals surface area contributed by atoms with Crippen molar-refractivity contribution in [3.63, 3.8) is 0 Å². The fraction of sp³-hybridized carbons (Fsp3) is 0.556. The van der Waals surface area contributed by atoms with Crippen molar-refractivity contribution in [2.45, 2.75) is 58.0 Å². The molecule has 1 aromatic heterocycles. The molecule has 2 heteroatoms. The second-order valence-electron chi connectivity index (χ2n) is 6.16. The number of nitrogens with zero attached hydrogens (tertiary/aromatic N) is 1. The minimum Gasteiger partial charge on any atom is -0.346 e. The maximum Gasteiger partial charge on any atom is 0.0483 e. The summed E-state index contributed by atoms with van der Waals surface area (Å²) in [5.74, 6) is 0. The summed E-state index contributed by atoms with van der Waals surface area (Å²) in [4.78, 5) is 0. The Morgan fingerprint density at radius 3 is 2.70 bits per heavy atom. The number of nitrogens with one attached hydrogen (secondary N) is 1. The minimum absolute atomic E-state index is 0.751. The summed E-state index contributed by atoms with van der Waals surface area (Å²) in [7, 11) is 0. The molecule has 1 aliphatic carbocycles. The number of hydrogen-bond acceptors (Lipinski definition) is 1. The van der Waals surface area contributed by atoms with E-state index in [0.717, 1.165) is 19.1 Å². The highest BCUT2D eigenvalue weighted by Gasteiger charge is 2.11. The van der Waals surface area contributed by atoms with Crippen LogP contribution >= 0.6 is 0 Å². The first kappa shape index (κ1) is 13.7. The van der Waals surface area contributed by atoms with Crippen LogP contribution < -0.4 is 5.32 Å². The smallest absolute Gasteiger partial charge is 0.0483 e. The summed E-state index contributed by atoms with van der Waals surface area (Å²) >= 11 is 0. The van der Waals surface area contributed by atoms with Crippen LogP contribution in [0.5, 0.6) is 0 Å². The molecule has 1 fully saturated rings. The molecule has 1 heterocycles. The lowest BCUT2D eigenvalue weighted by Gasteiger charge is -2.16. The molecule has 0 spiro atoms. The second kappa shape index (κ2) is 6.45. The largest absolute Gasteiger partial charge is 0.346 e. The third-order valence-electron chi connectivity index (χ3n) is 4.67. The first-order valence-electron chi connectivity index (χ1n) is 8.12. The van der Waals surface area contributed by atoms with E-state index in [9.17, 15) is 0 Å². The predicted octanol–water partition coefficient (Wildman–Crippen LogP) is 4.26. The van der Waals surface area contributed by atoms with E-state index in [2.05, 4.69) is 47.3 Å². The lowest BCUT2D eigenvalue weighted by Crippen LogP contribution is -2.31. The molecule has 1 saturated carbocycles. The molecule has 0 radical (unpaired) electrons. The van der Waals surface area contributed by atoms with Crippen LogP contribution in [-0.4, -0.2) is 17.2 Å². The van der Waals surface area contributed by atoms with Gasteiger partial charge in [-0.05, 0) is 37.5 Å². The van der Waals surface area contributed by atoms with E-state index in [0.29, 0.717) is 0 Å². The molecule has 2 nitrogen and oxygen atoms in total. The Hall–Kier alpha value is -1.28. The summed E-state index contributed by atoms with van der Waals surface area (Å²) < 4.78 is 2.38. The highest BCUT2D eigenvalue weighted by Crippen LogP contribution is 2.20. The number of hydrogen-bond donors (Lipinski definition) is 1. The molecule has 0 unspecified atom stereocenters. The Balaban J connectivity index is 1.58. The van der Waals surface area contributed by atoms with Gasteiger partial charge in [-0.25, -0.2) is 0 Å². The van der Waals surface area contributed by atoms with Gasteiger partial charge in [-0.2, -0.15) is 0 Å². The summed E-state index contributed by atoms with van der Waals surface area (Å²) in [6.07, 6.45) is 10.6. The molecular weight excluding hydrogens is 244 g/mol. The topological polar surface area (TPSA) is 17.0 Å². The van der Waals surface area contributed by atoms with E-state index >= 15 is 0 Å². The second-order valence-corrected chi connectivity index (χ2v) is 6.16. The molecule has 1 N–H and O–H groups in total. The van der Waals surface area contributed by atoms with Crippen LogP contribution in [0.3, 0.4) is 0 Å². The van der Waals surface area contributed by atoms with Gasteiger partial charge < -0.3 is 9.88 Å². The Morgan fingerprint density at radius 2 is 1.90 bits per heavy atom. The van der Waals surface area contributed by atoms with Crippen molar-refractivity contribution >= 4 is 10.9 Å². The van der Waals surface area contributed by atoms with Gasteiger partial charge in [0.2, 0.25) is 0 Å². The van der Waals surface area contributed by atoms with Gasteiger partial charge in [0.05, 0.1) is 0 Å². The molecule has 0 aliphatic heterocycles. The van der Waals surface area contributed by atoms with E-state index in [1.807, 2.05) is 0 Å². The van der Waals surface area contributed by atoms with Gasteiger partial charge in [-0.1, -0.05) is 37.8 Å². The number of aromatic nitrogens is 1. The quantitative estimate of drug-likeness (QED) is 0.821. The van der Waals surface area contributed by atoms with Crippen LogP contribution in [0, 0.1) is 6.92 Å². The molecule has 20 heavy (non-hydrogen) atoms. The van der Waals surface area contributed by atoms with Crippen molar-refractivity contribution in [3.05, 3.63) is 36.0 Å². The monoisotopic (exact) mass is 270 g/mol. The fourth-order valence-electron chi connectivity index (χ4n) is 3.44. The van der Waals surface area contributed by atoms with Crippen molar-refractivity contribution < 1.29 is 0 Å². The summed E-state index contributed by atoms with van der Waals surface area (Å²) in [6.45, 7) is 4.35. The average Bonchev–Trinajstić information content (AvgIpc) is 2.70. The Labute approximate surface area is 122 Å². The van der Waals surface area contributed by atoms with Crippen LogP contribution in [0.25, 0.3) is 10.9 Å². The number of benzene rings is 1. The molecule has 0 saturated heterocycles. The third kappa shape index (κ3) is 3.06. The highest BCUT2D eigenvalue weighted by atomic mass is 15.0. The minimum atomic E-state index is 0.751. The maximum absolute atomic E-state index is 3.76. The van der Waals surface area contributed by atoms with Crippen LogP contribution in [0.2, 0.25) is 0 Å².